The van der Waals surface area contributed by atoms with Crippen molar-refractivity contribution >= 4 is 11.2 Å². The van der Waals surface area contributed by atoms with E-state index >= 15 is 0 Å². The van der Waals surface area contributed by atoms with Crippen LogP contribution in [-0.4, -0.2) is 30.5 Å². The lowest BCUT2D eigenvalue weighted by molar-refractivity contribution is 0.231. The molecule has 8 heteroatoms. The van der Waals surface area contributed by atoms with Gasteiger partial charge in [-0.2, -0.15) is 5.26 Å². The van der Waals surface area contributed by atoms with Crippen LogP contribution in [0.5, 0.6) is 0 Å². The summed E-state index contributed by atoms with van der Waals surface area (Å²) in [4.78, 5) is 24.6. The third-order valence-electron chi connectivity index (χ3n) is 6.41. The van der Waals surface area contributed by atoms with Gasteiger partial charge in [0.15, 0.2) is 11.5 Å². The van der Waals surface area contributed by atoms with Crippen LogP contribution in [0, 0.1) is 23.7 Å². The Balaban J connectivity index is 1.49. The lowest BCUT2D eigenvalue weighted by Gasteiger charge is -2.25. The lowest BCUT2D eigenvalue weighted by Crippen LogP contribution is -2.29. The van der Waals surface area contributed by atoms with E-state index in [4.69, 9.17) is 9.40 Å². The van der Waals surface area contributed by atoms with Crippen molar-refractivity contribution < 1.29 is 4.42 Å². The van der Waals surface area contributed by atoms with Crippen molar-refractivity contribution in [2.45, 2.75) is 53.8 Å². The molecule has 35 heavy (non-hydrogen) atoms. The standard InChI is InChI=1S/C27H30N6O2/c1-17-29-22-15-32(11-10-24(22)35-17)14-18-6-7-19(13-28)20(12-18)21-8-9-23-25(30-21)31(5)26(34)33(23)16-27(2,3)4/h6-9,12H,10-11,14-16H2,1-5H3. The minimum atomic E-state index is -0.0820. The second-order valence-electron chi connectivity index (χ2n) is 10.6. The molecule has 0 fully saturated rings. The molecule has 0 unspecified atom stereocenters. The zero-order valence-electron chi connectivity index (χ0n) is 20.9. The van der Waals surface area contributed by atoms with Gasteiger partial charge in [0.1, 0.15) is 5.76 Å². The number of nitriles is 1. The fourth-order valence-corrected chi connectivity index (χ4v) is 4.82. The van der Waals surface area contributed by atoms with Crippen molar-refractivity contribution in [1.29, 1.82) is 5.26 Å². The number of aryl methyl sites for hydroxylation is 2. The number of hydrogen-bond acceptors (Lipinski definition) is 6. The summed E-state index contributed by atoms with van der Waals surface area (Å²) in [6.07, 6.45) is 0.844. The van der Waals surface area contributed by atoms with Gasteiger partial charge in [-0.3, -0.25) is 14.0 Å². The number of nitrogens with zero attached hydrogens (tertiary/aromatic N) is 6. The van der Waals surface area contributed by atoms with Crippen molar-refractivity contribution in [3.63, 3.8) is 0 Å². The van der Waals surface area contributed by atoms with E-state index < -0.39 is 0 Å². The fourth-order valence-electron chi connectivity index (χ4n) is 4.82. The quantitative estimate of drug-likeness (QED) is 0.444. The number of hydrogen-bond donors (Lipinski definition) is 0. The summed E-state index contributed by atoms with van der Waals surface area (Å²) in [6.45, 7) is 11.2. The molecule has 0 bridgehead atoms. The number of imidazole rings is 1. The Morgan fingerprint density at radius 3 is 2.71 bits per heavy atom. The molecule has 180 valence electrons. The molecule has 5 rings (SSSR count). The number of aromatic nitrogens is 4. The second kappa shape index (κ2) is 8.51. The van der Waals surface area contributed by atoms with E-state index in [1.54, 1.807) is 16.2 Å². The summed E-state index contributed by atoms with van der Waals surface area (Å²) in [5.74, 6) is 1.70. The highest BCUT2D eigenvalue weighted by Crippen LogP contribution is 2.28. The summed E-state index contributed by atoms with van der Waals surface area (Å²) in [6, 6.07) is 12.1. The molecule has 3 aromatic heterocycles. The van der Waals surface area contributed by atoms with Crippen molar-refractivity contribution in [2.24, 2.45) is 12.5 Å². The van der Waals surface area contributed by atoms with Gasteiger partial charge in [0.05, 0.1) is 28.5 Å². The van der Waals surface area contributed by atoms with Crippen LogP contribution in [0.1, 0.15) is 49.2 Å². The van der Waals surface area contributed by atoms with Gasteiger partial charge in [-0.05, 0) is 35.2 Å². The minimum absolute atomic E-state index is 0.0427. The Morgan fingerprint density at radius 2 is 1.97 bits per heavy atom. The summed E-state index contributed by atoms with van der Waals surface area (Å²) in [5.41, 5.74) is 5.44. The van der Waals surface area contributed by atoms with E-state index in [-0.39, 0.29) is 11.1 Å². The maximum absolute atomic E-state index is 12.9. The Bertz CT molecular complexity index is 1530. The highest BCUT2D eigenvalue weighted by Gasteiger charge is 2.22. The van der Waals surface area contributed by atoms with Crippen LogP contribution < -0.4 is 5.69 Å². The number of fused-ring (bicyclic) bond motifs is 2. The van der Waals surface area contributed by atoms with Crippen LogP contribution in [0.25, 0.3) is 22.4 Å². The van der Waals surface area contributed by atoms with Crippen LogP contribution in [0.2, 0.25) is 0 Å². The average Bonchev–Trinajstić information content (AvgIpc) is 3.29. The van der Waals surface area contributed by atoms with Crippen molar-refractivity contribution in [1.82, 2.24) is 24.0 Å². The molecule has 0 aliphatic carbocycles. The summed E-state index contributed by atoms with van der Waals surface area (Å²) < 4.78 is 9.06. The predicted molar refractivity (Wildman–Crippen MR) is 134 cm³/mol. The molecule has 0 N–H and O–H groups in total. The monoisotopic (exact) mass is 470 g/mol. The molecule has 0 spiro atoms. The van der Waals surface area contributed by atoms with Crippen molar-refractivity contribution in [3.05, 3.63) is 69.3 Å². The number of oxazole rings is 1. The van der Waals surface area contributed by atoms with E-state index in [1.807, 2.05) is 37.3 Å². The SMILES string of the molecule is Cc1nc2c(o1)CCN(Cc1ccc(C#N)c(-c3ccc4c(n3)n(C)c(=O)n4CC(C)(C)C)c1)C2. The largest absolute Gasteiger partial charge is 0.446 e. The van der Waals surface area contributed by atoms with E-state index in [9.17, 15) is 10.1 Å². The first-order valence-electron chi connectivity index (χ1n) is 11.9. The van der Waals surface area contributed by atoms with Crippen LogP contribution in [0.15, 0.2) is 39.5 Å². The van der Waals surface area contributed by atoms with Gasteiger partial charge in [0, 0.05) is 52.1 Å². The van der Waals surface area contributed by atoms with Gasteiger partial charge in [0.2, 0.25) is 0 Å². The number of rotatable bonds is 4. The molecule has 8 nitrogen and oxygen atoms in total. The van der Waals surface area contributed by atoms with Gasteiger partial charge >= 0.3 is 5.69 Å². The van der Waals surface area contributed by atoms with Gasteiger partial charge in [-0.25, -0.2) is 14.8 Å². The van der Waals surface area contributed by atoms with Crippen LogP contribution >= 0.6 is 0 Å². The molecule has 1 aliphatic heterocycles. The highest BCUT2D eigenvalue weighted by molar-refractivity contribution is 5.78. The third kappa shape index (κ3) is 4.40. The summed E-state index contributed by atoms with van der Waals surface area (Å²) in [5, 5.41) is 9.78. The van der Waals surface area contributed by atoms with Crippen molar-refractivity contribution in [3.8, 4) is 17.3 Å². The molecule has 4 aromatic rings. The Kier molecular flexibility index (Phi) is 5.60. The van der Waals surface area contributed by atoms with Crippen molar-refractivity contribution in [2.75, 3.05) is 6.54 Å². The normalized spacial score (nSPS) is 14.3. The molecule has 0 amide bonds. The van der Waals surface area contributed by atoms with E-state index in [0.29, 0.717) is 29.3 Å². The summed E-state index contributed by atoms with van der Waals surface area (Å²) >= 11 is 0. The van der Waals surface area contributed by atoms with Crippen LogP contribution in [0.3, 0.4) is 0 Å². The molecular formula is C27H30N6O2. The smallest absolute Gasteiger partial charge is 0.330 e. The lowest BCUT2D eigenvalue weighted by atomic mass is 9.97. The first-order chi connectivity index (χ1) is 16.6. The van der Waals surface area contributed by atoms with E-state index in [0.717, 1.165) is 54.2 Å². The molecule has 4 heterocycles. The maximum atomic E-state index is 12.9. The summed E-state index contributed by atoms with van der Waals surface area (Å²) in [7, 11) is 1.75. The van der Waals surface area contributed by atoms with E-state index in [1.165, 1.54) is 0 Å². The van der Waals surface area contributed by atoms with Gasteiger partial charge in [0.25, 0.3) is 0 Å². The fraction of sp³-hybridized carbons (Fsp3) is 0.407. The van der Waals surface area contributed by atoms with Crippen LogP contribution in [0.4, 0.5) is 0 Å². The molecular weight excluding hydrogens is 440 g/mol. The Labute approximate surface area is 204 Å². The predicted octanol–water partition coefficient (Wildman–Crippen LogP) is 4.17. The van der Waals surface area contributed by atoms with Gasteiger partial charge in [-0.1, -0.05) is 26.8 Å². The zero-order chi connectivity index (χ0) is 24.9. The van der Waals surface area contributed by atoms with Gasteiger partial charge < -0.3 is 4.42 Å². The molecule has 0 saturated carbocycles. The first-order valence-corrected chi connectivity index (χ1v) is 11.9. The second-order valence-corrected chi connectivity index (χ2v) is 10.6. The maximum Gasteiger partial charge on any atom is 0.330 e. The zero-order valence-corrected chi connectivity index (χ0v) is 20.9. The Hall–Kier alpha value is -3.70. The minimum Gasteiger partial charge on any atom is -0.446 e. The third-order valence-corrected chi connectivity index (χ3v) is 6.41. The molecule has 1 aliphatic rings. The number of benzene rings is 1. The molecule has 0 saturated heterocycles. The highest BCUT2D eigenvalue weighted by atomic mass is 16.4. The Morgan fingerprint density at radius 1 is 1.17 bits per heavy atom. The molecule has 0 atom stereocenters. The molecule has 0 radical (unpaired) electrons. The van der Waals surface area contributed by atoms with Crippen LogP contribution in [-0.2, 0) is 33.1 Å². The molecule has 1 aromatic carbocycles. The van der Waals surface area contributed by atoms with Gasteiger partial charge in [-0.15, -0.1) is 0 Å². The average molecular weight is 471 g/mol. The van der Waals surface area contributed by atoms with E-state index in [2.05, 4.69) is 36.7 Å². The number of pyridine rings is 1. The topological polar surface area (TPSA) is 92.9 Å². The first kappa shape index (κ1) is 23.1.